The smallest absolute Gasteiger partial charge is 0.0659 e. The Balaban J connectivity index is 0. The summed E-state index contributed by atoms with van der Waals surface area (Å²) in [7, 11) is 0. The largest absolute Gasteiger partial charge is 0.380 e. The fourth-order valence-electron chi connectivity index (χ4n) is 0.287. The van der Waals surface area contributed by atoms with E-state index in [4.69, 9.17) is 0 Å². The normalized spacial score (nSPS) is 10.6. The summed E-state index contributed by atoms with van der Waals surface area (Å²) in [5, 5.41) is 3.30. The molecule has 0 aromatic carbocycles. The zero-order valence-corrected chi connectivity index (χ0v) is 8.50. The summed E-state index contributed by atoms with van der Waals surface area (Å²) < 4.78 is 0. The second kappa shape index (κ2) is 8.89. The van der Waals surface area contributed by atoms with Gasteiger partial charge in [0.15, 0.2) is 0 Å². The van der Waals surface area contributed by atoms with Gasteiger partial charge in [-0.05, 0) is 27.0 Å². The molecule has 10 heavy (non-hydrogen) atoms. The van der Waals surface area contributed by atoms with Crippen molar-refractivity contribution in [3.8, 4) is 0 Å². The highest BCUT2D eigenvalue weighted by Gasteiger charge is 1.83. The van der Waals surface area contributed by atoms with Crippen LogP contribution in [-0.2, 0) is 0 Å². The maximum atomic E-state index is 4.12. The summed E-state index contributed by atoms with van der Waals surface area (Å²) in [6.45, 7) is 10.1. The van der Waals surface area contributed by atoms with E-state index in [1.807, 2.05) is 40.8 Å². The van der Waals surface area contributed by atoms with Crippen molar-refractivity contribution < 1.29 is 0 Å². The summed E-state index contributed by atoms with van der Waals surface area (Å²) in [6.07, 6.45) is 1.96. The first kappa shape index (κ1) is 12.6. The first-order valence-corrected chi connectivity index (χ1v) is 4.22. The third-order valence-corrected chi connectivity index (χ3v) is 0.762. The Kier molecular flexibility index (Phi) is 11.2. The molecule has 0 aliphatic rings. The SMILES string of the molecule is CC.CC(C)=CNC(C)S. The molecule has 0 aliphatic carbocycles. The van der Waals surface area contributed by atoms with Crippen molar-refractivity contribution >= 4 is 12.6 Å². The van der Waals surface area contributed by atoms with Crippen molar-refractivity contribution in [1.82, 2.24) is 5.32 Å². The van der Waals surface area contributed by atoms with Gasteiger partial charge >= 0.3 is 0 Å². The molecule has 0 saturated carbocycles. The third kappa shape index (κ3) is 15.7. The van der Waals surface area contributed by atoms with Gasteiger partial charge in [-0.3, -0.25) is 0 Å². The van der Waals surface area contributed by atoms with Crippen molar-refractivity contribution in [2.45, 2.75) is 40.0 Å². The van der Waals surface area contributed by atoms with Crippen LogP contribution in [0.25, 0.3) is 0 Å². The molecule has 0 amide bonds. The van der Waals surface area contributed by atoms with Gasteiger partial charge in [0.2, 0.25) is 0 Å². The lowest BCUT2D eigenvalue weighted by atomic mass is 10.4. The van der Waals surface area contributed by atoms with Gasteiger partial charge in [-0.2, -0.15) is 12.6 Å². The molecule has 0 aliphatic heterocycles. The Morgan fingerprint density at radius 2 is 1.80 bits per heavy atom. The number of rotatable bonds is 2. The van der Waals surface area contributed by atoms with Gasteiger partial charge in [0.25, 0.3) is 0 Å². The summed E-state index contributed by atoms with van der Waals surface area (Å²) in [6, 6.07) is 0. The molecule has 0 aromatic heterocycles. The third-order valence-electron chi connectivity index (χ3n) is 0.613. The number of hydrogen-bond donors (Lipinski definition) is 2. The molecule has 1 N–H and O–H groups in total. The second-order valence-electron chi connectivity index (χ2n) is 2.06. The van der Waals surface area contributed by atoms with Gasteiger partial charge in [0, 0.05) is 0 Å². The molecular formula is C8H19NS. The van der Waals surface area contributed by atoms with E-state index in [-0.39, 0.29) is 5.37 Å². The highest BCUT2D eigenvalue weighted by Crippen LogP contribution is 1.89. The zero-order valence-electron chi connectivity index (χ0n) is 7.60. The lowest BCUT2D eigenvalue weighted by Gasteiger charge is -2.02. The molecule has 0 bridgehead atoms. The van der Waals surface area contributed by atoms with Gasteiger partial charge < -0.3 is 5.32 Å². The van der Waals surface area contributed by atoms with Crippen LogP contribution in [-0.4, -0.2) is 5.37 Å². The van der Waals surface area contributed by atoms with E-state index in [2.05, 4.69) is 17.9 Å². The van der Waals surface area contributed by atoms with Crippen LogP contribution in [0.5, 0.6) is 0 Å². The van der Waals surface area contributed by atoms with Crippen LogP contribution in [0.1, 0.15) is 34.6 Å². The standard InChI is InChI=1S/C6H13NS.C2H6/c1-5(2)4-7-6(3)8;1-2/h4,6-8H,1-3H3;1-2H3. The highest BCUT2D eigenvalue weighted by atomic mass is 32.1. The van der Waals surface area contributed by atoms with E-state index >= 15 is 0 Å². The predicted molar refractivity (Wildman–Crippen MR) is 52.4 cm³/mol. The van der Waals surface area contributed by atoms with Crippen molar-refractivity contribution in [3.05, 3.63) is 11.8 Å². The molecule has 2 heteroatoms. The van der Waals surface area contributed by atoms with Crippen molar-refractivity contribution in [2.75, 3.05) is 0 Å². The number of allylic oxidation sites excluding steroid dienone is 1. The lowest BCUT2D eigenvalue weighted by Crippen LogP contribution is -2.12. The van der Waals surface area contributed by atoms with Crippen LogP contribution in [0.3, 0.4) is 0 Å². The summed E-state index contributed by atoms with van der Waals surface area (Å²) in [5.74, 6) is 0. The first-order valence-electron chi connectivity index (χ1n) is 3.70. The van der Waals surface area contributed by atoms with Gasteiger partial charge in [0.1, 0.15) is 0 Å². The van der Waals surface area contributed by atoms with E-state index in [1.54, 1.807) is 0 Å². The fourth-order valence-corrected chi connectivity index (χ4v) is 0.362. The van der Waals surface area contributed by atoms with Gasteiger partial charge in [-0.25, -0.2) is 0 Å². The van der Waals surface area contributed by atoms with E-state index in [0.29, 0.717) is 0 Å². The Bertz CT molecular complexity index is 83.3. The van der Waals surface area contributed by atoms with Gasteiger partial charge in [-0.1, -0.05) is 19.4 Å². The van der Waals surface area contributed by atoms with Crippen LogP contribution in [0, 0.1) is 0 Å². The Morgan fingerprint density at radius 3 is 1.90 bits per heavy atom. The topological polar surface area (TPSA) is 12.0 Å². The van der Waals surface area contributed by atoms with Crippen molar-refractivity contribution in [1.29, 1.82) is 0 Å². The number of thiol groups is 1. The summed E-state index contributed by atoms with van der Waals surface area (Å²) >= 11 is 4.12. The average Bonchev–Trinajstić information content (AvgIpc) is 1.89. The molecule has 62 valence electrons. The molecule has 0 saturated heterocycles. The van der Waals surface area contributed by atoms with Crippen molar-refractivity contribution in [2.24, 2.45) is 0 Å². The number of nitrogens with one attached hydrogen (secondary N) is 1. The van der Waals surface area contributed by atoms with Crippen molar-refractivity contribution in [3.63, 3.8) is 0 Å². The molecule has 0 heterocycles. The summed E-state index contributed by atoms with van der Waals surface area (Å²) in [5.41, 5.74) is 1.27. The van der Waals surface area contributed by atoms with Gasteiger partial charge in [0.05, 0.1) is 5.37 Å². The van der Waals surface area contributed by atoms with E-state index in [9.17, 15) is 0 Å². The second-order valence-corrected chi connectivity index (χ2v) is 2.84. The molecule has 0 rings (SSSR count). The molecular weight excluding hydrogens is 142 g/mol. The van der Waals surface area contributed by atoms with E-state index in [1.165, 1.54) is 5.57 Å². The Morgan fingerprint density at radius 1 is 1.40 bits per heavy atom. The summed E-state index contributed by atoms with van der Waals surface area (Å²) in [4.78, 5) is 0. The predicted octanol–water partition coefficient (Wildman–Crippen LogP) is 2.80. The van der Waals surface area contributed by atoms with Crippen LogP contribution in [0.4, 0.5) is 0 Å². The maximum Gasteiger partial charge on any atom is 0.0659 e. The minimum atomic E-state index is 0.255. The fraction of sp³-hybridized carbons (Fsp3) is 0.750. The van der Waals surface area contributed by atoms with Crippen LogP contribution < -0.4 is 5.32 Å². The molecule has 0 aromatic rings. The van der Waals surface area contributed by atoms with Crippen LogP contribution in [0.15, 0.2) is 11.8 Å². The monoisotopic (exact) mass is 161 g/mol. The van der Waals surface area contributed by atoms with E-state index in [0.717, 1.165) is 0 Å². The van der Waals surface area contributed by atoms with Crippen LogP contribution >= 0.6 is 12.6 Å². The molecule has 1 atom stereocenters. The van der Waals surface area contributed by atoms with Gasteiger partial charge in [-0.15, -0.1) is 0 Å². The zero-order chi connectivity index (χ0) is 8.57. The highest BCUT2D eigenvalue weighted by molar-refractivity contribution is 7.80. The number of hydrogen-bond acceptors (Lipinski definition) is 2. The minimum Gasteiger partial charge on any atom is -0.380 e. The molecule has 0 fully saturated rings. The Labute approximate surface area is 70.3 Å². The van der Waals surface area contributed by atoms with Crippen LogP contribution in [0.2, 0.25) is 0 Å². The quantitative estimate of drug-likeness (QED) is 0.469. The first-order chi connectivity index (χ1) is 4.63. The van der Waals surface area contributed by atoms with E-state index < -0.39 is 0 Å². The molecule has 1 unspecified atom stereocenters. The molecule has 0 spiro atoms. The minimum absolute atomic E-state index is 0.255. The molecule has 0 radical (unpaired) electrons. The maximum absolute atomic E-state index is 4.12. The molecule has 1 nitrogen and oxygen atoms in total. The Hall–Kier alpha value is -0.110. The lowest BCUT2D eigenvalue weighted by molar-refractivity contribution is 0.853. The average molecular weight is 161 g/mol.